The molecule has 1 atom stereocenters. The lowest BCUT2D eigenvalue weighted by Crippen LogP contribution is -2.47. The van der Waals surface area contributed by atoms with Crippen molar-refractivity contribution in [1.82, 2.24) is 10.5 Å². The van der Waals surface area contributed by atoms with Crippen LogP contribution in [0.5, 0.6) is 0 Å². The van der Waals surface area contributed by atoms with E-state index < -0.39 is 23.6 Å². The van der Waals surface area contributed by atoms with E-state index in [2.05, 4.69) is 15.8 Å². The van der Waals surface area contributed by atoms with Crippen LogP contribution in [0.1, 0.15) is 32.1 Å². The molecule has 2 amide bonds. The number of carbonyl (C=O) groups is 2. The molecule has 0 fully saturated rings. The summed E-state index contributed by atoms with van der Waals surface area (Å²) in [6.45, 7) is 7.01. The molecule has 25 heavy (non-hydrogen) atoms. The number of ether oxygens (including phenoxy) is 1. The van der Waals surface area contributed by atoms with Crippen molar-refractivity contribution in [3.63, 3.8) is 0 Å². The molecule has 2 N–H and O–H groups in total. The highest BCUT2D eigenvalue weighted by molar-refractivity contribution is 5.96. The zero-order valence-corrected chi connectivity index (χ0v) is 14.8. The first-order valence-corrected chi connectivity index (χ1v) is 8.00. The minimum absolute atomic E-state index is 0.298. The van der Waals surface area contributed by atoms with Crippen LogP contribution in [0, 0.1) is 6.92 Å². The molecular weight excluding hydrogens is 322 g/mol. The predicted molar refractivity (Wildman–Crippen MR) is 93.2 cm³/mol. The molecule has 0 bridgehead atoms. The van der Waals surface area contributed by atoms with Crippen molar-refractivity contribution in [1.29, 1.82) is 0 Å². The number of anilines is 1. The Morgan fingerprint density at radius 3 is 2.48 bits per heavy atom. The summed E-state index contributed by atoms with van der Waals surface area (Å²) in [6, 6.07) is 10.2. The fourth-order valence-electron chi connectivity index (χ4n) is 2.15. The van der Waals surface area contributed by atoms with Gasteiger partial charge in [-0.05, 0) is 33.3 Å². The number of carbonyl (C=O) groups excluding carboxylic acids is 2. The van der Waals surface area contributed by atoms with Gasteiger partial charge in [0.05, 0.1) is 0 Å². The molecule has 0 aliphatic rings. The third kappa shape index (κ3) is 6.29. The molecule has 1 heterocycles. The highest BCUT2D eigenvalue weighted by atomic mass is 16.6. The largest absolute Gasteiger partial charge is 0.444 e. The first-order valence-electron chi connectivity index (χ1n) is 8.00. The van der Waals surface area contributed by atoms with Gasteiger partial charge < -0.3 is 19.9 Å². The predicted octanol–water partition coefficient (Wildman–Crippen LogP) is 3.06. The third-order valence-electron chi connectivity index (χ3n) is 3.17. The highest BCUT2D eigenvalue weighted by Gasteiger charge is 2.25. The van der Waals surface area contributed by atoms with Crippen LogP contribution < -0.4 is 10.6 Å². The van der Waals surface area contributed by atoms with Gasteiger partial charge in [0.15, 0.2) is 5.82 Å². The Kier molecular flexibility index (Phi) is 5.80. The van der Waals surface area contributed by atoms with Crippen LogP contribution in [0.25, 0.3) is 0 Å². The standard InChI is InChI=1S/C18H23N3O4/c1-12-10-15(21-25-12)20-16(22)14(11-13-8-6-5-7-9-13)19-17(23)24-18(2,3)4/h5-10,14H,11H2,1-4H3,(H,19,23)(H,20,21,22)/t14-/m0/s1. The van der Waals surface area contributed by atoms with E-state index >= 15 is 0 Å². The number of amides is 2. The average molecular weight is 345 g/mol. The van der Waals surface area contributed by atoms with E-state index in [1.807, 2.05) is 30.3 Å². The number of rotatable bonds is 5. The fourth-order valence-corrected chi connectivity index (χ4v) is 2.15. The van der Waals surface area contributed by atoms with E-state index in [1.54, 1.807) is 33.8 Å². The minimum Gasteiger partial charge on any atom is -0.444 e. The van der Waals surface area contributed by atoms with Gasteiger partial charge in [0.25, 0.3) is 0 Å². The average Bonchev–Trinajstić information content (AvgIpc) is 2.91. The molecular formula is C18H23N3O4. The molecule has 7 nitrogen and oxygen atoms in total. The number of hydrogen-bond donors (Lipinski definition) is 2. The van der Waals surface area contributed by atoms with Gasteiger partial charge in [-0.3, -0.25) is 4.79 Å². The van der Waals surface area contributed by atoms with Crippen LogP contribution in [0.3, 0.4) is 0 Å². The maximum atomic E-state index is 12.6. The molecule has 0 spiro atoms. The molecule has 2 rings (SSSR count). The molecule has 1 aromatic heterocycles. The second-order valence-electron chi connectivity index (χ2n) is 6.70. The molecule has 7 heteroatoms. The highest BCUT2D eigenvalue weighted by Crippen LogP contribution is 2.11. The summed E-state index contributed by atoms with van der Waals surface area (Å²) in [5.74, 6) is 0.476. The number of benzene rings is 1. The summed E-state index contributed by atoms with van der Waals surface area (Å²) in [4.78, 5) is 24.6. The van der Waals surface area contributed by atoms with Gasteiger partial charge >= 0.3 is 6.09 Å². The van der Waals surface area contributed by atoms with Gasteiger partial charge in [0.2, 0.25) is 5.91 Å². The Balaban J connectivity index is 2.10. The van der Waals surface area contributed by atoms with Gasteiger partial charge in [-0.15, -0.1) is 0 Å². The zero-order valence-electron chi connectivity index (χ0n) is 14.8. The van der Waals surface area contributed by atoms with Crippen molar-refractivity contribution >= 4 is 17.8 Å². The van der Waals surface area contributed by atoms with Crippen molar-refractivity contribution in [3.8, 4) is 0 Å². The van der Waals surface area contributed by atoms with E-state index in [9.17, 15) is 9.59 Å². The maximum Gasteiger partial charge on any atom is 0.408 e. The number of nitrogens with zero attached hydrogens (tertiary/aromatic N) is 1. The maximum absolute atomic E-state index is 12.6. The molecule has 0 aliphatic heterocycles. The molecule has 0 unspecified atom stereocenters. The summed E-state index contributed by atoms with van der Waals surface area (Å²) < 4.78 is 10.2. The summed E-state index contributed by atoms with van der Waals surface area (Å²) >= 11 is 0. The second kappa shape index (κ2) is 7.83. The molecule has 0 aliphatic carbocycles. The lowest BCUT2D eigenvalue weighted by atomic mass is 10.1. The molecule has 0 radical (unpaired) electrons. The Morgan fingerprint density at radius 1 is 1.24 bits per heavy atom. The smallest absolute Gasteiger partial charge is 0.408 e. The molecule has 2 aromatic rings. The Morgan fingerprint density at radius 2 is 1.92 bits per heavy atom. The van der Waals surface area contributed by atoms with Crippen LogP contribution in [0.15, 0.2) is 40.9 Å². The normalized spacial score (nSPS) is 12.3. The quantitative estimate of drug-likeness (QED) is 0.869. The Hall–Kier alpha value is -2.83. The van der Waals surface area contributed by atoms with Crippen LogP contribution >= 0.6 is 0 Å². The number of hydrogen-bond acceptors (Lipinski definition) is 5. The van der Waals surface area contributed by atoms with Gasteiger partial charge in [-0.1, -0.05) is 35.5 Å². The third-order valence-corrected chi connectivity index (χ3v) is 3.17. The van der Waals surface area contributed by atoms with Gasteiger partial charge in [0, 0.05) is 12.5 Å². The van der Waals surface area contributed by atoms with Crippen molar-refractivity contribution in [3.05, 3.63) is 47.7 Å². The molecule has 1 aromatic carbocycles. The van der Waals surface area contributed by atoms with Crippen molar-refractivity contribution in [2.24, 2.45) is 0 Å². The number of alkyl carbamates (subject to hydrolysis) is 1. The second-order valence-corrected chi connectivity index (χ2v) is 6.70. The fraction of sp³-hybridized carbons (Fsp3) is 0.389. The topological polar surface area (TPSA) is 93.5 Å². The monoisotopic (exact) mass is 345 g/mol. The van der Waals surface area contributed by atoms with E-state index in [-0.39, 0.29) is 0 Å². The lowest BCUT2D eigenvalue weighted by Gasteiger charge is -2.23. The van der Waals surface area contributed by atoms with E-state index in [0.29, 0.717) is 18.0 Å². The summed E-state index contributed by atoms with van der Waals surface area (Å²) in [5, 5.41) is 8.99. The van der Waals surface area contributed by atoms with Crippen molar-refractivity contribution in [2.75, 3.05) is 5.32 Å². The lowest BCUT2D eigenvalue weighted by molar-refractivity contribution is -0.118. The number of aromatic nitrogens is 1. The summed E-state index contributed by atoms with van der Waals surface area (Å²) in [7, 11) is 0. The first kappa shape index (κ1) is 18.5. The van der Waals surface area contributed by atoms with Gasteiger partial charge in [0.1, 0.15) is 17.4 Å². The Bertz CT molecular complexity index is 719. The first-order chi connectivity index (χ1) is 11.7. The molecule has 0 saturated carbocycles. The Labute approximate surface area is 146 Å². The zero-order chi connectivity index (χ0) is 18.4. The van der Waals surface area contributed by atoms with E-state index in [4.69, 9.17) is 9.26 Å². The van der Waals surface area contributed by atoms with Gasteiger partial charge in [-0.2, -0.15) is 0 Å². The molecule has 0 saturated heterocycles. The van der Waals surface area contributed by atoms with Crippen LogP contribution in [0.4, 0.5) is 10.6 Å². The SMILES string of the molecule is Cc1cc(NC(=O)[C@H](Cc2ccccc2)NC(=O)OC(C)(C)C)no1. The van der Waals surface area contributed by atoms with Crippen LogP contribution in [-0.2, 0) is 16.0 Å². The van der Waals surface area contributed by atoms with Crippen LogP contribution in [0.2, 0.25) is 0 Å². The van der Waals surface area contributed by atoms with Gasteiger partial charge in [-0.25, -0.2) is 4.79 Å². The number of nitrogens with one attached hydrogen (secondary N) is 2. The van der Waals surface area contributed by atoms with E-state index in [0.717, 1.165) is 5.56 Å². The summed E-state index contributed by atoms with van der Waals surface area (Å²) in [5.41, 5.74) is 0.260. The molecule has 134 valence electrons. The van der Waals surface area contributed by atoms with E-state index in [1.165, 1.54) is 0 Å². The van der Waals surface area contributed by atoms with Crippen LogP contribution in [-0.4, -0.2) is 28.8 Å². The minimum atomic E-state index is -0.811. The summed E-state index contributed by atoms with van der Waals surface area (Å²) in [6.07, 6.45) is -0.331. The number of aryl methyl sites for hydroxylation is 1. The van der Waals surface area contributed by atoms with Crippen molar-refractivity contribution in [2.45, 2.75) is 45.8 Å². The van der Waals surface area contributed by atoms with Crippen molar-refractivity contribution < 1.29 is 18.8 Å².